The van der Waals surface area contributed by atoms with E-state index in [1.807, 2.05) is 0 Å². The minimum Gasteiger partial charge on any atom is -0.481 e. The van der Waals surface area contributed by atoms with Crippen molar-refractivity contribution in [3.63, 3.8) is 0 Å². The Bertz CT molecular complexity index is 273. The van der Waals surface area contributed by atoms with E-state index in [0.29, 0.717) is 0 Å². The molecule has 6 N–H and O–H groups in total. The van der Waals surface area contributed by atoms with Crippen LogP contribution in [0.15, 0.2) is 0 Å². The highest BCUT2D eigenvalue weighted by Gasteiger charge is 2.42. The van der Waals surface area contributed by atoms with Crippen LogP contribution in [-0.2, 0) is 14.3 Å². The molecule has 8 heteroatoms. The predicted octanol–water partition coefficient (Wildman–Crippen LogP) is -2.37. The molecule has 106 valence electrons. The molecule has 1 heterocycles. The van der Waals surface area contributed by atoms with Crippen molar-refractivity contribution in [1.82, 2.24) is 0 Å². The molecule has 0 saturated carbocycles. The molecular weight excluding hydrogens is 246 g/mol. The lowest BCUT2D eigenvalue weighted by molar-refractivity contribution is -0.265. The number of aliphatic carboxylic acids is 1. The Labute approximate surface area is 104 Å². The van der Waals surface area contributed by atoms with Gasteiger partial charge in [0.1, 0.15) is 18.3 Å². The average molecular weight is 265 g/mol. The van der Waals surface area contributed by atoms with Gasteiger partial charge in [0.2, 0.25) is 0 Å². The molecule has 0 aromatic rings. The fourth-order valence-electron chi connectivity index (χ4n) is 1.68. The Morgan fingerprint density at radius 3 is 2.56 bits per heavy atom. The van der Waals surface area contributed by atoms with Crippen molar-refractivity contribution in [2.75, 3.05) is 13.2 Å². The van der Waals surface area contributed by atoms with Gasteiger partial charge >= 0.3 is 5.97 Å². The summed E-state index contributed by atoms with van der Waals surface area (Å²) in [5.74, 6) is -0.934. The second-order valence-corrected chi connectivity index (χ2v) is 4.15. The van der Waals surface area contributed by atoms with E-state index in [-0.39, 0.29) is 19.4 Å². The third-order valence-corrected chi connectivity index (χ3v) is 2.75. The molecule has 18 heavy (non-hydrogen) atoms. The first kappa shape index (κ1) is 15.3. The standard InChI is InChI=1S/C10H19NO7/c11-7-9(16)8(15)5(4-12)18-10(7)17-3-1-2-6(13)14/h5,7-10,12,15-16H,1-4,11H2,(H,13,14)/t5?,7?,8-,9?,10+/m0/s1. The molecule has 0 aliphatic carbocycles. The van der Waals surface area contributed by atoms with Gasteiger partial charge in [-0.05, 0) is 6.42 Å². The summed E-state index contributed by atoms with van der Waals surface area (Å²) in [4.78, 5) is 10.3. The number of rotatable bonds is 6. The van der Waals surface area contributed by atoms with E-state index in [4.69, 9.17) is 25.4 Å². The van der Waals surface area contributed by atoms with Crippen LogP contribution >= 0.6 is 0 Å². The number of carboxylic acids is 1. The highest BCUT2D eigenvalue weighted by Crippen LogP contribution is 2.20. The summed E-state index contributed by atoms with van der Waals surface area (Å²) < 4.78 is 10.4. The summed E-state index contributed by atoms with van der Waals surface area (Å²) in [6, 6.07) is -0.951. The highest BCUT2D eigenvalue weighted by atomic mass is 16.7. The molecule has 1 fully saturated rings. The lowest BCUT2D eigenvalue weighted by atomic mass is 9.98. The van der Waals surface area contributed by atoms with Gasteiger partial charge < -0.3 is 35.6 Å². The van der Waals surface area contributed by atoms with Gasteiger partial charge in [-0.15, -0.1) is 0 Å². The zero-order valence-electron chi connectivity index (χ0n) is 9.81. The first-order valence-electron chi connectivity index (χ1n) is 5.68. The number of aliphatic hydroxyl groups excluding tert-OH is 3. The van der Waals surface area contributed by atoms with Gasteiger partial charge in [-0.2, -0.15) is 0 Å². The van der Waals surface area contributed by atoms with Crippen molar-refractivity contribution in [1.29, 1.82) is 0 Å². The SMILES string of the molecule is NC1C(O)[C@@H](O)C(CO)O[C@H]1OCCCC(=O)O. The summed E-state index contributed by atoms with van der Waals surface area (Å²) in [6.07, 6.45) is -4.25. The van der Waals surface area contributed by atoms with Crippen LogP contribution in [0.3, 0.4) is 0 Å². The minimum atomic E-state index is -1.27. The molecular formula is C10H19NO7. The summed E-state index contributed by atoms with van der Waals surface area (Å²) in [5, 5.41) is 36.5. The zero-order valence-corrected chi connectivity index (χ0v) is 9.81. The molecule has 0 aromatic heterocycles. The van der Waals surface area contributed by atoms with E-state index in [1.54, 1.807) is 0 Å². The van der Waals surface area contributed by atoms with Crippen LogP contribution in [0.5, 0.6) is 0 Å². The molecule has 1 rings (SSSR count). The molecule has 3 unspecified atom stereocenters. The Kier molecular flexibility index (Phi) is 5.93. The second-order valence-electron chi connectivity index (χ2n) is 4.15. The van der Waals surface area contributed by atoms with Crippen molar-refractivity contribution < 1.29 is 34.7 Å². The van der Waals surface area contributed by atoms with Gasteiger partial charge in [-0.25, -0.2) is 0 Å². The first-order valence-corrected chi connectivity index (χ1v) is 5.68. The zero-order chi connectivity index (χ0) is 13.7. The maximum absolute atomic E-state index is 10.3. The van der Waals surface area contributed by atoms with Crippen LogP contribution in [0.1, 0.15) is 12.8 Å². The predicted molar refractivity (Wildman–Crippen MR) is 58.6 cm³/mol. The van der Waals surface area contributed by atoms with E-state index in [2.05, 4.69) is 0 Å². The lowest BCUT2D eigenvalue weighted by Gasteiger charge is -2.40. The van der Waals surface area contributed by atoms with Gasteiger partial charge in [-0.1, -0.05) is 0 Å². The van der Waals surface area contributed by atoms with Crippen LogP contribution in [0.25, 0.3) is 0 Å². The van der Waals surface area contributed by atoms with Crippen molar-refractivity contribution >= 4 is 5.97 Å². The lowest BCUT2D eigenvalue weighted by Crippen LogP contribution is -2.62. The van der Waals surface area contributed by atoms with Crippen LogP contribution in [0, 0.1) is 0 Å². The smallest absolute Gasteiger partial charge is 0.303 e. The average Bonchev–Trinajstić information content (AvgIpc) is 2.34. The van der Waals surface area contributed by atoms with Crippen molar-refractivity contribution in [3.05, 3.63) is 0 Å². The Balaban J connectivity index is 2.41. The quantitative estimate of drug-likeness (QED) is 0.335. The normalized spacial score (nSPS) is 36.6. The van der Waals surface area contributed by atoms with E-state index in [1.165, 1.54) is 0 Å². The number of hydrogen-bond donors (Lipinski definition) is 5. The Hall–Kier alpha value is -0.770. The van der Waals surface area contributed by atoms with Gasteiger partial charge in [0, 0.05) is 6.42 Å². The first-order chi connectivity index (χ1) is 8.47. The second kappa shape index (κ2) is 6.98. The fraction of sp³-hybridized carbons (Fsp3) is 0.900. The maximum Gasteiger partial charge on any atom is 0.303 e. The van der Waals surface area contributed by atoms with Crippen molar-refractivity contribution in [2.45, 2.75) is 43.5 Å². The van der Waals surface area contributed by atoms with Gasteiger partial charge in [-0.3, -0.25) is 4.79 Å². The van der Waals surface area contributed by atoms with E-state index >= 15 is 0 Å². The highest BCUT2D eigenvalue weighted by molar-refractivity contribution is 5.66. The molecule has 0 aromatic carbocycles. The number of carbonyl (C=O) groups is 1. The van der Waals surface area contributed by atoms with E-state index in [0.717, 1.165) is 0 Å². The topological polar surface area (TPSA) is 142 Å². The number of carboxylic acid groups (broad SMARTS) is 1. The van der Waals surface area contributed by atoms with Gasteiger partial charge in [0.05, 0.1) is 19.3 Å². The van der Waals surface area contributed by atoms with Crippen molar-refractivity contribution in [3.8, 4) is 0 Å². The number of aliphatic hydroxyl groups is 3. The monoisotopic (exact) mass is 265 g/mol. The van der Waals surface area contributed by atoms with Crippen LogP contribution in [-0.4, -0.2) is 70.3 Å². The molecule has 1 aliphatic rings. The molecule has 0 amide bonds. The number of hydrogen-bond acceptors (Lipinski definition) is 7. The molecule has 0 radical (unpaired) electrons. The molecule has 1 saturated heterocycles. The summed E-state index contributed by atoms with van der Waals surface area (Å²) in [7, 11) is 0. The maximum atomic E-state index is 10.3. The molecule has 5 atom stereocenters. The van der Waals surface area contributed by atoms with Crippen LogP contribution < -0.4 is 5.73 Å². The molecule has 0 bridgehead atoms. The molecule has 0 spiro atoms. The van der Waals surface area contributed by atoms with E-state index in [9.17, 15) is 15.0 Å². The van der Waals surface area contributed by atoms with E-state index < -0.39 is 43.2 Å². The van der Waals surface area contributed by atoms with Crippen LogP contribution in [0.4, 0.5) is 0 Å². The minimum absolute atomic E-state index is 0.0451. The summed E-state index contributed by atoms with van der Waals surface area (Å²) in [6.45, 7) is -0.369. The molecule has 1 aliphatic heterocycles. The Morgan fingerprint density at radius 2 is 2.00 bits per heavy atom. The fourth-order valence-corrected chi connectivity index (χ4v) is 1.68. The largest absolute Gasteiger partial charge is 0.481 e. The van der Waals surface area contributed by atoms with Gasteiger partial charge in [0.15, 0.2) is 6.29 Å². The summed E-state index contributed by atoms with van der Waals surface area (Å²) in [5.41, 5.74) is 5.61. The third-order valence-electron chi connectivity index (χ3n) is 2.75. The number of nitrogens with two attached hydrogens (primary N) is 1. The van der Waals surface area contributed by atoms with Crippen LogP contribution in [0.2, 0.25) is 0 Å². The summed E-state index contributed by atoms with van der Waals surface area (Å²) >= 11 is 0. The molecule has 8 nitrogen and oxygen atoms in total. The number of ether oxygens (including phenoxy) is 2. The third kappa shape index (κ3) is 3.87. The Morgan fingerprint density at radius 1 is 1.33 bits per heavy atom. The van der Waals surface area contributed by atoms with Crippen molar-refractivity contribution in [2.24, 2.45) is 5.73 Å². The van der Waals surface area contributed by atoms with Gasteiger partial charge in [0.25, 0.3) is 0 Å².